The van der Waals surface area contributed by atoms with Crippen LogP contribution in [0.1, 0.15) is 30.1 Å². The van der Waals surface area contributed by atoms with Gasteiger partial charge in [0.1, 0.15) is 0 Å². The predicted molar refractivity (Wildman–Crippen MR) is 57.5 cm³/mol. The Kier molecular flexibility index (Phi) is 1.61. The molecule has 1 aromatic carbocycles. The molecule has 1 aliphatic heterocycles. The van der Waals surface area contributed by atoms with Crippen LogP contribution in [0, 0.1) is 0 Å². The minimum Gasteiger partial charge on any atom is -0.476 e. The Hall–Kier alpha value is -1.51. The van der Waals surface area contributed by atoms with Crippen LogP contribution in [0.15, 0.2) is 18.2 Å². The van der Waals surface area contributed by atoms with Crippen LogP contribution in [0.2, 0.25) is 0 Å². The van der Waals surface area contributed by atoms with Gasteiger partial charge in [-0.1, -0.05) is 6.07 Å². The number of nitrogens with one attached hydrogen (secondary N) is 1. The van der Waals surface area contributed by atoms with E-state index in [2.05, 4.69) is 5.32 Å². The molecule has 0 radical (unpaired) electrons. The predicted octanol–water partition coefficient (Wildman–Crippen LogP) is 2.23. The van der Waals surface area contributed by atoms with Gasteiger partial charge < -0.3 is 10.1 Å². The molecule has 1 aromatic rings. The van der Waals surface area contributed by atoms with E-state index in [1.165, 1.54) is 0 Å². The van der Waals surface area contributed by atoms with E-state index in [9.17, 15) is 4.79 Å². The van der Waals surface area contributed by atoms with E-state index in [0.29, 0.717) is 0 Å². The number of rotatable bonds is 2. The van der Waals surface area contributed by atoms with Crippen molar-refractivity contribution in [1.29, 1.82) is 0 Å². The molecule has 3 rings (SSSR count). The Morgan fingerprint density at radius 3 is 2.93 bits per heavy atom. The Bertz CT molecular complexity index is 435. The molecule has 0 amide bonds. The number of para-hydroxylation sites is 1. The fourth-order valence-corrected chi connectivity index (χ4v) is 2.09. The third-order valence-corrected chi connectivity index (χ3v) is 3.04. The number of hydrogen-bond donors (Lipinski definition) is 1. The minimum absolute atomic E-state index is 0.164. The van der Waals surface area contributed by atoms with E-state index in [1.807, 2.05) is 25.1 Å². The van der Waals surface area contributed by atoms with Gasteiger partial charge in [-0.05, 0) is 31.9 Å². The van der Waals surface area contributed by atoms with Crippen LogP contribution >= 0.6 is 0 Å². The number of carbonyl (C=O) groups excluding carboxylic acids is 1. The first-order valence-corrected chi connectivity index (χ1v) is 5.37. The van der Waals surface area contributed by atoms with Crippen molar-refractivity contribution in [2.24, 2.45) is 0 Å². The summed E-state index contributed by atoms with van der Waals surface area (Å²) in [6, 6.07) is 5.71. The summed E-state index contributed by atoms with van der Waals surface area (Å²) in [6.07, 6.45) is 1.73. The third kappa shape index (κ3) is 1.09. The van der Waals surface area contributed by atoms with Gasteiger partial charge in [0.25, 0.3) is 0 Å². The quantitative estimate of drug-likeness (QED) is 0.801. The maximum absolute atomic E-state index is 12.0. The van der Waals surface area contributed by atoms with Crippen LogP contribution in [-0.4, -0.2) is 17.9 Å². The number of fused-ring (bicyclic) bond motifs is 1. The van der Waals surface area contributed by atoms with Crippen LogP contribution in [0.3, 0.4) is 0 Å². The lowest BCUT2D eigenvalue weighted by atomic mass is 10.1. The van der Waals surface area contributed by atoms with Crippen molar-refractivity contribution in [1.82, 2.24) is 0 Å². The number of benzene rings is 1. The summed E-state index contributed by atoms with van der Waals surface area (Å²) in [5.41, 5.74) is 1.20. The molecule has 1 fully saturated rings. The van der Waals surface area contributed by atoms with Gasteiger partial charge in [0, 0.05) is 6.54 Å². The first kappa shape index (κ1) is 8.77. The van der Waals surface area contributed by atoms with Crippen molar-refractivity contribution in [3.63, 3.8) is 0 Å². The van der Waals surface area contributed by atoms with Crippen molar-refractivity contribution in [3.8, 4) is 5.75 Å². The minimum atomic E-state index is -0.478. The lowest BCUT2D eigenvalue weighted by molar-refractivity contribution is 0.0821. The summed E-state index contributed by atoms with van der Waals surface area (Å²) in [7, 11) is 0. The van der Waals surface area contributed by atoms with Crippen molar-refractivity contribution in [2.45, 2.75) is 25.4 Å². The van der Waals surface area contributed by atoms with E-state index < -0.39 is 5.60 Å². The number of Topliss-reactive ketones (excluding diaryl/α,β-unsaturated/α-hetero) is 1. The number of ketones is 1. The maximum Gasteiger partial charge on any atom is 0.210 e. The third-order valence-electron chi connectivity index (χ3n) is 3.04. The molecular formula is C12H13NO2. The zero-order valence-electron chi connectivity index (χ0n) is 8.67. The highest BCUT2D eigenvalue weighted by molar-refractivity contribution is 6.10. The van der Waals surface area contributed by atoms with Gasteiger partial charge in [-0.2, -0.15) is 0 Å². The molecular weight excluding hydrogens is 190 g/mol. The zero-order chi connectivity index (χ0) is 10.5. The Morgan fingerprint density at radius 1 is 1.47 bits per heavy atom. The molecule has 0 unspecified atom stereocenters. The normalized spacial score (nSPS) is 19.9. The van der Waals surface area contributed by atoms with Crippen molar-refractivity contribution in [2.75, 3.05) is 11.9 Å². The molecule has 0 aromatic heterocycles. The average Bonchev–Trinajstić information content (AvgIpc) is 2.95. The standard InChI is InChI=1S/C12H13NO2/c1-2-13-9-5-3-4-8-10(9)15-12(6-7-12)11(8)14/h3-5,13H,2,6-7H2,1H3. The molecule has 0 saturated heterocycles. The van der Waals surface area contributed by atoms with Gasteiger partial charge in [-0.15, -0.1) is 0 Å². The van der Waals surface area contributed by atoms with Crippen LogP contribution < -0.4 is 10.1 Å². The first-order chi connectivity index (χ1) is 7.27. The Balaban J connectivity index is 2.07. The Labute approximate surface area is 88.4 Å². The summed E-state index contributed by atoms with van der Waals surface area (Å²) in [5.74, 6) is 0.916. The molecule has 1 spiro atoms. The van der Waals surface area contributed by atoms with Crippen LogP contribution in [-0.2, 0) is 0 Å². The zero-order valence-corrected chi connectivity index (χ0v) is 8.67. The Morgan fingerprint density at radius 2 is 2.27 bits per heavy atom. The van der Waals surface area contributed by atoms with Gasteiger partial charge in [-0.3, -0.25) is 4.79 Å². The molecule has 3 nitrogen and oxygen atoms in total. The molecule has 15 heavy (non-hydrogen) atoms. The van der Waals surface area contributed by atoms with E-state index >= 15 is 0 Å². The highest BCUT2D eigenvalue weighted by atomic mass is 16.5. The van der Waals surface area contributed by atoms with Crippen LogP contribution in [0.4, 0.5) is 5.69 Å². The van der Waals surface area contributed by atoms with Gasteiger partial charge >= 0.3 is 0 Å². The second-order valence-corrected chi connectivity index (χ2v) is 4.14. The molecule has 1 saturated carbocycles. The summed E-state index contributed by atoms with van der Waals surface area (Å²) in [4.78, 5) is 12.0. The second-order valence-electron chi connectivity index (χ2n) is 4.14. The smallest absolute Gasteiger partial charge is 0.210 e. The molecule has 0 atom stereocenters. The molecule has 3 heteroatoms. The fraction of sp³-hybridized carbons (Fsp3) is 0.417. The van der Waals surface area contributed by atoms with Crippen molar-refractivity contribution >= 4 is 11.5 Å². The van der Waals surface area contributed by atoms with Crippen molar-refractivity contribution < 1.29 is 9.53 Å². The van der Waals surface area contributed by atoms with Gasteiger partial charge in [0.05, 0.1) is 11.3 Å². The molecule has 1 N–H and O–H groups in total. The second kappa shape index (κ2) is 2.75. The highest BCUT2D eigenvalue weighted by Gasteiger charge is 2.58. The number of carbonyl (C=O) groups is 1. The summed E-state index contributed by atoms with van der Waals surface area (Å²) < 4.78 is 5.79. The van der Waals surface area contributed by atoms with Gasteiger partial charge in [0.2, 0.25) is 5.78 Å². The van der Waals surface area contributed by atoms with Gasteiger partial charge in [-0.25, -0.2) is 0 Å². The molecule has 2 aliphatic rings. The number of ether oxygens (including phenoxy) is 1. The van der Waals surface area contributed by atoms with E-state index in [4.69, 9.17) is 4.74 Å². The van der Waals surface area contributed by atoms with Gasteiger partial charge in [0.15, 0.2) is 11.4 Å². The maximum atomic E-state index is 12.0. The summed E-state index contributed by atoms with van der Waals surface area (Å²) in [6.45, 7) is 2.87. The average molecular weight is 203 g/mol. The van der Waals surface area contributed by atoms with Crippen molar-refractivity contribution in [3.05, 3.63) is 23.8 Å². The van der Waals surface area contributed by atoms with E-state index in [0.717, 1.165) is 36.4 Å². The molecule has 1 heterocycles. The number of anilines is 1. The monoisotopic (exact) mass is 203 g/mol. The van der Waals surface area contributed by atoms with E-state index in [1.54, 1.807) is 0 Å². The SMILES string of the molecule is CCNc1cccc2c1OC1(CC1)C2=O. The molecule has 1 aliphatic carbocycles. The fourth-order valence-electron chi connectivity index (χ4n) is 2.09. The first-order valence-electron chi connectivity index (χ1n) is 5.37. The topological polar surface area (TPSA) is 38.3 Å². The van der Waals surface area contributed by atoms with Crippen LogP contribution in [0.5, 0.6) is 5.75 Å². The molecule has 78 valence electrons. The van der Waals surface area contributed by atoms with E-state index in [-0.39, 0.29) is 5.78 Å². The lowest BCUT2D eigenvalue weighted by Crippen LogP contribution is -2.21. The molecule has 0 bridgehead atoms. The summed E-state index contributed by atoms with van der Waals surface area (Å²) >= 11 is 0. The lowest BCUT2D eigenvalue weighted by Gasteiger charge is -2.09. The number of hydrogen-bond acceptors (Lipinski definition) is 3. The highest BCUT2D eigenvalue weighted by Crippen LogP contribution is 2.51. The van der Waals surface area contributed by atoms with Crippen LogP contribution in [0.25, 0.3) is 0 Å². The largest absolute Gasteiger partial charge is 0.476 e. The summed E-state index contributed by atoms with van der Waals surface area (Å²) in [5, 5.41) is 3.22.